The molecule has 0 fully saturated rings. The molecule has 3 N–H and O–H groups in total. The molecule has 6 nitrogen and oxygen atoms in total. The van der Waals surface area contributed by atoms with Crippen LogP contribution in [0.15, 0.2) is 12.4 Å². The standard InChI is InChI=1S/C9H9ClN4O2/c1-4-2-12-9-13-7(10)6(14(9)3-4)5(11)8(15)16/h2-3,5H,11H2,1H3,(H,15,16). The Morgan fingerprint density at radius 2 is 2.38 bits per heavy atom. The maximum absolute atomic E-state index is 10.8. The van der Waals surface area contributed by atoms with Gasteiger partial charge >= 0.3 is 5.97 Å². The summed E-state index contributed by atoms with van der Waals surface area (Å²) in [6, 6.07) is -1.22. The van der Waals surface area contributed by atoms with Gasteiger partial charge < -0.3 is 10.8 Å². The quantitative estimate of drug-likeness (QED) is 0.809. The molecule has 0 spiro atoms. The summed E-state index contributed by atoms with van der Waals surface area (Å²) in [6.07, 6.45) is 3.31. The second kappa shape index (κ2) is 3.73. The molecule has 2 aromatic heterocycles. The van der Waals surface area contributed by atoms with Crippen molar-refractivity contribution in [1.82, 2.24) is 14.4 Å². The van der Waals surface area contributed by atoms with Crippen molar-refractivity contribution in [2.24, 2.45) is 5.73 Å². The number of rotatable bonds is 2. The molecule has 7 heteroatoms. The predicted octanol–water partition coefficient (Wildman–Crippen LogP) is 0.776. The van der Waals surface area contributed by atoms with Crippen LogP contribution in [0.25, 0.3) is 5.78 Å². The van der Waals surface area contributed by atoms with Crippen LogP contribution >= 0.6 is 11.6 Å². The van der Waals surface area contributed by atoms with E-state index in [0.717, 1.165) is 5.56 Å². The normalized spacial score (nSPS) is 12.9. The van der Waals surface area contributed by atoms with Crippen LogP contribution in [0, 0.1) is 6.92 Å². The number of carboxylic acids is 1. The van der Waals surface area contributed by atoms with Gasteiger partial charge in [-0.15, -0.1) is 0 Å². The van der Waals surface area contributed by atoms with E-state index in [0.29, 0.717) is 5.78 Å². The number of carboxylic acid groups (broad SMARTS) is 1. The lowest BCUT2D eigenvalue weighted by Gasteiger charge is -2.06. The van der Waals surface area contributed by atoms with Gasteiger partial charge in [0.1, 0.15) is 6.04 Å². The van der Waals surface area contributed by atoms with Crippen LogP contribution in [0.3, 0.4) is 0 Å². The van der Waals surface area contributed by atoms with Gasteiger partial charge in [-0.2, -0.15) is 4.98 Å². The molecule has 2 heterocycles. The fourth-order valence-corrected chi connectivity index (χ4v) is 1.70. The fourth-order valence-electron chi connectivity index (χ4n) is 1.42. The molecule has 0 amide bonds. The Balaban J connectivity index is 2.72. The molecule has 2 aromatic rings. The number of carbonyl (C=O) groups is 1. The summed E-state index contributed by atoms with van der Waals surface area (Å²) in [6.45, 7) is 1.83. The van der Waals surface area contributed by atoms with E-state index in [1.165, 1.54) is 4.40 Å². The number of halogens is 1. The Labute approximate surface area is 95.7 Å². The number of nitrogens with zero attached hydrogens (tertiary/aromatic N) is 3. The van der Waals surface area contributed by atoms with Crippen molar-refractivity contribution >= 4 is 23.3 Å². The Kier molecular flexibility index (Phi) is 2.53. The predicted molar refractivity (Wildman–Crippen MR) is 57.3 cm³/mol. The molecule has 1 unspecified atom stereocenters. The van der Waals surface area contributed by atoms with Gasteiger partial charge in [-0.25, -0.2) is 4.98 Å². The Hall–Kier alpha value is -1.66. The maximum Gasteiger partial charge on any atom is 0.326 e. The average Bonchev–Trinajstić information content (AvgIpc) is 2.52. The molecule has 16 heavy (non-hydrogen) atoms. The highest BCUT2D eigenvalue weighted by molar-refractivity contribution is 6.30. The molecule has 0 bridgehead atoms. The summed E-state index contributed by atoms with van der Waals surface area (Å²) in [7, 11) is 0. The third-order valence-electron chi connectivity index (χ3n) is 2.16. The van der Waals surface area contributed by atoms with Crippen molar-refractivity contribution in [3.63, 3.8) is 0 Å². The molecule has 84 valence electrons. The molecular weight excluding hydrogens is 232 g/mol. The number of fused-ring (bicyclic) bond motifs is 1. The van der Waals surface area contributed by atoms with Gasteiger partial charge in [0, 0.05) is 12.4 Å². The molecule has 0 aliphatic carbocycles. The van der Waals surface area contributed by atoms with Crippen molar-refractivity contribution in [1.29, 1.82) is 0 Å². The first-order chi connectivity index (χ1) is 7.50. The van der Waals surface area contributed by atoms with E-state index in [1.807, 2.05) is 6.92 Å². The van der Waals surface area contributed by atoms with Crippen LogP contribution in [0.4, 0.5) is 0 Å². The van der Waals surface area contributed by atoms with Gasteiger partial charge in [0.05, 0.1) is 5.69 Å². The van der Waals surface area contributed by atoms with Crippen LogP contribution in [-0.4, -0.2) is 25.4 Å². The molecule has 0 aliphatic heterocycles. The van der Waals surface area contributed by atoms with E-state index < -0.39 is 12.0 Å². The number of aliphatic carboxylic acids is 1. The van der Waals surface area contributed by atoms with Gasteiger partial charge in [-0.05, 0) is 12.5 Å². The minimum Gasteiger partial charge on any atom is -0.480 e. The lowest BCUT2D eigenvalue weighted by Crippen LogP contribution is -2.22. The molecule has 0 radical (unpaired) electrons. The molecular formula is C9H9ClN4O2. The van der Waals surface area contributed by atoms with Gasteiger partial charge in [0.25, 0.3) is 0 Å². The summed E-state index contributed by atoms with van der Waals surface area (Å²) < 4.78 is 1.50. The number of hydrogen-bond acceptors (Lipinski definition) is 4. The largest absolute Gasteiger partial charge is 0.480 e. The van der Waals surface area contributed by atoms with Crippen LogP contribution in [0.2, 0.25) is 5.15 Å². The van der Waals surface area contributed by atoms with Crippen molar-refractivity contribution in [3.05, 3.63) is 28.8 Å². The van der Waals surface area contributed by atoms with Gasteiger partial charge in [-0.1, -0.05) is 11.6 Å². The summed E-state index contributed by atoms with van der Waals surface area (Å²) >= 11 is 5.84. The van der Waals surface area contributed by atoms with E-state index in [2.05, 4.69) is 9.97 Å². The van der Waals surface area contributed by atoms with E-state index >= 15 is 0 Å². The third-order valence-corrected chi connectivity index (χ3v) is 2.44. The van der Waals surface area contributed by atoms with Crippen molar-refractivity contribution in [3.8, 4) is 0 Å². The van der Waals surface area contributed by atoms with Gasteiger partial charge in [0.2, 0.25) is 5.78 Å². The Morgan fingerprint density at radius 1 is 1.69 bits per heavy atom. The summed E-state index contributed by atoms with van der Waals surface area (Å²) in [4.78, 5) is 18.8. The smallest absolute Gasteiger partial charge is 0.326 e. The highest BCUT2D eigenvalue weighted by Gasteiger charge is 2.23. The second-order valence-electron chi connectivity index (χ2n) is 3.41. The number of nitrogens with two attached hydrogens (primary N) is 1. The maximum atomic E-state index is 10.8. The molecule has 0 saturated carbocycles. The van der Waals surface area contributed by atoms with Crippen LogP contribution in [0.1, 0.15) is 17.3 Å². The van der Waals surface area contributed by atoms with Crippen molar-refractivity contribution < 1.29 is 9.90 Å². The average molecular weight is 241 g/mol. The Morgan fingerprint density at radius 3 is 3.00 bits per heavy atom. The number of aryl methyl sites for hydroxylation is 1. The zero-order valence-corrected chi connectivity index (χ0v) is 9.14. The molecule has 0 aliphatic rings. The van der Waals surface area contributed by atoms with E-state index in [9.17, 15) is 4.79 Å². The second-order valence-corrected chi connectivity index (χ2v) is 3.76. The molecule has 0 saturated heterocycles. The first-order valence-corrected chi connectivity index (χ1v) is 4.87. The fraction of sp³-hybridized carbons (Fsp3) is 0.222. The summed E-state index contributed by atoms with van der Waals surface area (Å²) in [5, 5.41) is 8.92. The minimum absolute atomic E-state index is 0.0630. The number of hydrogen-bond donors (Lipinski definition) is 2. The van der Waals surface area contributed by atoms with Crippen molar-refractivity contribution in [2.45, 2.75) is 13.0 Å². The minimum atomic E-state index is -1.22. The summed E-state index contributed by atoms with van der Waals surface area (Å²) in [5.74, 6) is -0.826. The highest BCUT2D eigenvalue weighted by Crippen LogP contribution is 2.22. The lowest BCUT2D eigenvalue weighted by molar-refractivity contribution is -0.138. The highest BCUT2D eigenvalue weighted by atomic mass is 35.5. The molecule has 2 rings (SSSR count). The summed E-state index contributed by atoms with van der Waals surface area (Å²) in [5.41, 5.74) is 6.62. The van der Waals surface area contributed by atoms with Crippen LogP contribution in [0.5, 0.6) is 0 Å². The zero-order chi connectivity index (χ0) is 11.9. The monoisotopic (exact) mass is 240 g/mol. The number of imidazole rings is 1. The Bertz CT molecular complexity index is 566. The first-order valence-electron chi connectivity index (χ1n) is 4.49. The van der Waals surface area contributed by atoms with E-state index in [-0.39, 0.29) is 10.8 Å². The molecule has 0 aromatic carbocycles. The van der Waals surface area contributed by atoms with Gasteiger partial charge in [0.15, 0.2) is 5.15 Å². The third kappa shape index (κ3) is 1.62. The topological polar surface area (TPSA) is 93.5 Å². The van der Waals surface area contributed by atoms with Gasteiger partial charge in [-0.3, -0.25) is 9.20 Å². The molecule has 1 atom stereocenters. The van der Waals surface area contributed by atoms with Crippen LogP contribution < -0.4 is 5.73 Å². The van der Waals surface area contributed by atoms with E-state index in [4.69, 9.17) is 22.4 Å². The van der Waals surface area contributed by atoms with E-state index in [1.54, 1.807) is 12.4 Å². The SMILES string of the molecule is Cc1cnc2nc(Cl)c(C(N)C(=O)O)n2c1. The first kappa shape index (κ1) is 10.8. The van der Waals surface area contributed by atoms with Crippen molar-refractivity contribution in [2.75, 3.05) is 0 Å². The van der Waals surface area contributed by atoms with Crippen LogP contribution in [-0.2, 0) is 4.79 Å². The zero-order valence-electron chi connectivity index (χ0n) is 8.38. The number of aromatic nitrogens is 3. The lowest BCUT2D eigenvalue weighted by atomic mass is 10.2.